The van der Waals surface area contributed by atoms with E-state index in [2.05, 4.69) is 19.2 Å². The third kappa shape index (κ3) is 8.15. The Morgan fingerprint density at radius 3 is 2.71 bits per heavy atom. The molecule has 3 nitrogen and oxygen atoms in total. The second-order valence-electron chi connectivity index (χ2n) is 5.95. The van der Waals surface area contributed by atoms with Crippen LogP contribution in [-0.2, 0) is 4.74 Å². The number of aliphatic hydroxyl groups is 1. The lowest BCUT2D eigenvalue weighted by molar-refractivity contribution is 0.0337. The number of benzene rings is 1. The van der Waals surface area contributed by atoms with E-state index >= 15 is 0 Å². The molecule has 2 atom stereocenters. The molecule has 0 bridgehead atoms. The van der Waals surface area contributed by atoms with Crippen molar-refractivity contribution in [1.82, 2.24) is 5.32 Å². The first-order valence-corrected chi connectivity index (χ1v) is 7.73. The van der Waals surface area contributed by atoms with Gasteiger partial charge >= 0.3 is 0 Å². The van der Waals surface area contributed by atoms with E-state index in [1.807, 2.05) is 13.0 Å². The van der Waals surface area contributed by atoms with Crippen molar-refractivity contribution in [2.75, 3.05) is 19.8 Å². The summed E-state index contributed by atoms with van der Waals surface area (Å²) in [5.41, 5.74) is 0.875. The van der Waals surface area contributed by atoms with Crippen LogP contribution in [0.15, 0.2) is 24.3 Å². The minimum Gasteiger partial charge on any atom is -0.389 e. The fourth-order valence-electron chi connectivity index (χ4n) is 2.08. The first-order chi connectivity index (χ1) is 9.99. The number of aliphatic hydroxyl groups excluding tert-OH is 1. The summed E-state index contributed by atoms with van der Waals surface area (Å²) >= 11 is 0. The smallest absolute Gasteiger partial charge is 0.123 e. The lowest BCUT2D eigenvalue weighted by atomic mass is 10.1. The molecule has 0 spiro atoms. The van der Waals surface area contributed by atoms with E-state index in [9.17, 15) is 9.50 Å². The Balaban J connectivity index is 2.16. The highest BCUT2D eigenvalue weighted by atomic mass is 19.1. The summed E-state index contributed by atoms with van der Waals surface area (Å²) in [6, 6.07) is 6.49. The van der Waals surface area contributed by atoms with Gasteiger partial charge < -0.3 is 15.2 Å². The van der Waals surface area contributed by atoms with E-state index in [0.29, 0.717) is 25.7 Å². The molecule has 21 heavy (non-hydrogen) atoms. The van der Waals surface area contributed by atoms with Crippen molar-refractivity contribution in [3.63, 3.8) is 0 Å². The summed E-state index contributed by atoms with van der Waals surface area (Å²) in [6.07, 6.45) is 1.63. The minimum absolute atomic E-state index is 0.00343. The van der Waals surface area contributed by atoms with Gasteiger partial charge in [-0.2, -0.15) is 0 Å². The normalized spacial score (nSPS) is 14.4. The zero-order valence-corrected chi connectivity index (χ0v) is 13.3. The molecule has 0 saturated carbocycles. The Labute approximate surface area is 127 Å². The predicted octanol–water partition coefficient (Wildman–Crippen LogP) is 3.29. The third-order valence-corrected chi connectivity index (χ3v) is 3.39. The van der Waals surface area contributed by atoms with Gasteiger partial charge in [-0.25, -0.2) is 4.39 Å². The number of nitrogens with one attached hydrogen (secondary N) is 1. The monoisotopic (exact) mass is 297 g/mol. The molecule has 4 heteroatoms. The van der Waals surface area contributed by atoms with E-state index in [-0.39, 0.29) is 11.9 Å². The molecule has 1 unspecified atom stereocenters. The molecule has 0 aliphatic carbocycles. The maximum atomic E-state index is 13.1. The van der Waals surface area contributed by atoms with Crippen molar-refractivity contribution >= 4 is 0 Å². The van der Waals surface area contributed by atoms with Crippen LogP contribution in [0.4, 0.5) is 4.39 Å². The van der Waals surface area contributed by atoms with Crippen molar-refractivity contribution < 1.29 is 14.2 Å². The molecule has 1 aromatic carbocycles. The van der Waals surface area contributed by atoms with Gasteiger partial charge in [0.15, 0.2) is 0 Å². The summed E-state index contributed by atoms with van der Waals surface area (Å²) in [7, 11) is 0. The van der Waals surface area contributed by atoms with Crippen LogP contribution in [0.2, 0.25) is 0 Å². The second-order valence-corrected chi connectivity index (χ2v) is 5.95. The van der Waals surface area contributed by atoms with Gasteiger partial charge in [-0.3, -0.25) is 0 Å². The maximum absolute atomic E-state index is 13.1. The minimum atomic E-state index is -0.542. The van der Waals surface area contributed by atoms with Crippen LogP contribution < -0.4 is 5.32 Å². The number of halogens is 1. The third-order valence-electron chi connectivity index (χ3n) is 3.39. The largest absolute Gasteiger partial charge is 0.389 e. The Morgan fingerprint density at radius 1 is 1.29 bits per heavy atom. The van der Waals surface area contributed by atoms with Crippen LogP contribution in [0.3, 0.4) is 0 Å². The Bertz CT molecular complexity index is 398. The van der Waals surface area contributed by atoms with Crippen molar-refractivity contribution in [2.24, 2.45) is 5.92 Å². The molecule has 0 radical (unpaired) electrons. The zero-order valence-electron chi connectivity index (χ0n) is 13.3. The second kappa shape index (κ2) is 9.87. The van der Waals surface area contributed by atoms with Crippen LogP contribution in [0.25, 0.3) is 0 Å². The molecule has 120 valence electrons. The summed E-state index contributed by atoms with van der Waals surface area (Å²) in [6.45, 7) is 7.78. The van der Waals surface area contributed by atoms with Crippen LogP contribution in [-0.4, -0.2) is 31.0 Å². The Morgan fingerprint density at radius 2 is 2.05 bits per heavy atom. The maximum Gasteiger partial charge on any atom is 0.123 e. The molecule has 0 aliphatic rings. The summed E-state index contributed by atoms with van der Waals surface area (Å²) in [5.74, 6) is 0.447. The van der Waals surface area contributed by atoms with Crippen molar-refractivity contribution in [2.45, 2.75) is 45.8 Å². The molecule has 1 rings (SSSR count). The first-order valence-electron chi connectivity index (χ1n) is 7.73. The number of hydrogen-bond acceptors (Lipinski definition) is 3. The van der Waals surface area contributed by atoms with Gasteiger partial charge in [-0.05, 0) is 43.4 Å². The van der Waals surface area contributed by atoms with Crippen molar-refractivity contribution in [3.05, 3.63) is 35.6 Å². The van der Waals surface area contributed by atoms with Crippen molar-refractivity contribution in [1.29, 1.82) is 0 Å². The van der Waals surface area contributed by atoms with Gasteiger partial charge in [-0.1, -0.05) is 26.0 Å². The summed E-state index contributed by atoms with van der Waals surface area (Å²) in [4.78, 5) is 0. The van der Waals surface area contributed by atoms with Gasteiger partial charge in [0.2, 0.25) is 0 Å². The molecule has 0 aromatic heterocycles. The average molecular weight is 297 g/mol. The van der Waals surface area contributed by atoms with Crippen LogP contribution in [0.1, 0.15) is 45.2 Å². The zero-order chi connectivity index (χ0) is 15.7. The van der Waals surface area contributed by atoms with Gasteiger partial charge in [-0.15, -0.1) is 0 Å². The van der Waals surface area contributed by atoms with Crippen molar-refractivity contribution in [3.8, 4) is 0 Å². The van der Waals surface area contributed by atoms with E-state index < -0.39 is 6.10 Å². The molecule has 0 fully saturated rings. The van der Waals surface area contributed by atoms with Gasteiger partial charge in [0.05, 0.1) is 12.7 Å². The molecular formula is C17H28FNO2. The standard InChI is InChI=1S/C17H28FNO2/c1-13(2)6-5-9-21-12-17(20)11-19-14(3)15-7-4-8-16(18)10-15/h4,7-8,10,13-14,17,19-20H,5-6,9,11-12H2,1-3H3/t14-,17?/m0/s1. The molecule has 0 amide bonds. The average Bonchev–Trinajstić information content (AvgIpc) is 2.44. The van der Waals surface area contributed by atoms with E-state index in [1.54, 1.807) is 6.07 Å². The highest BCUT2D eigenvalue weighted by Gasteiger charge is 2.09. The van der Waals surface area contributed by atoms with E-state index in [0.717, 1.165) is 18.4 Å². The van der Waals surface area contributed by atoms with Crippen LogP contribution >= 0.6 is 0 Å². The van der Waals surface area contributed by atoms with E-state index in [4.69, 9.17) is 4.74 Å². The quantitative estimate of drug-likeness (QED) is 0.651. The number of rotatable bonds is 10. The molecule has 1 aromatic rings. The Hall–Kier alpha value is -0.970. The van der Waals surface area contributed by atoms with Gasteiger partial charge in [0.25, 0.3) is 0 Å². The van der Waals surface area contributed by atoms with Crippen LogP contribution in [0, 0.1) is 11.7 Å². The summed E-state index contributed by atoms with van der Waals surface area (Å²) < 4.78 is 18.6. The SMILES string of the molecule is CC(C)CCCOCC(O)CN[C@@H](C)c1cccc(F)c1. The highest BCUT2D eigenvalue weighted by Crippen LogP contribution is 2.13. The molecule has 0 aliphatic heterocycles. The molecular weight excluding hydrogens is 269 g/mol. The lowest BCUT2D eigenvalue weighted by Gasteiger charge is -2.18. The van der Waals surface area contributed by atoms with Gasteiger partial charge in [0.1, 0.15) is 5.82 Å². The van der Waals surface area contributed by atoms with Gasteiger partial charge in [0, 0.05) is 19.2 Å². The lowest BCUT2D eigenvalue weighted by Crippen LogP contribution is -2.32. The highest BCUT2D eigenvalue weighted by molar-refractivity contribution is 5.19. The fraction of sp³-hybridized carbons (Fsp3) is 0.647. The predicted molar refractivity (Wildman–Crippen MR) is 83.7 cm³/mol. The fourth-order valence-corrected chi connectivity index (χ4v) is 2.08. The number of ether oxygens (including phenoxy) is 1. The summed E-state index contributed by atoms with van der Waals surface area (Å²) in [5, 5.41) is 13.0. The van der Waals surface area contributed by atoms with Crippen LogP contribution in [0.5, 0.6) is 0 Å². The van der Waals surface area contributed by atoms with E-state index in [1.165, 1.54) is 12.1 Å². The number of hydrogen-bond donors (Lipinski definition) is 2. The topological polar surface area (TPSA) is 41.5 Å². The first kappa shape index (κ1) is 18.1. The molecule has 0 heterocycles. The molecule has 2 N–H and O–H groups in total. The Kier molecular flexibility index (Phi) is 8.50. The molecule has 0 saturated heterocycles.